The molecule has 214 valence electrons. The number of ether oxygens (including phenoxy) is 4. The molecular formula is C35H33NO5S. The van der Waals surface area contributed by atoms with Gasteiger partial charge in [0.1, 0.15) is 16.5 Å². The lowest BCUT2D eigenvalue weighted by molar-refractivity contribution is 0.104. The molecule has 0 aliphatic rings. The third-order valence-corrected chi connectivity index (χ3v) is 8.03. The second-order valence-corrected chi connectivity index (χ2v) is 10.8. The fourth-order valence-electron chi connectivity index (χ4n) is 4.48. The predicted molar refractivity (Wildman–Crippen MR) is 169 cm³/mol. The van der Waals surface area contributed by atoms with Gasteiger partial charge in [0, 0.05) is 17.5 Å². The summed E-state index contributed by atoms with van der Waals surface area (Å²) in [5.41, 5.74) is 5.55. The number of hydrogen-bond acceptors (Lipinski definition) is 7. The Morgan fingerprint density at radius 1 is 0.833 bits per heavy atom. The number of thiazole rings is 1. The van der Waals surface area contributed by atoms with E-state index in [0.29, 0.717) is 42.4 Å². The number of aryl methyl sites for hydroxylation is 1. The van der Waals surface area contributed by atoms with Gasteiger partial charge in [0.05, 0.1) is 37.6 Å². The molecule has 1 heterocycles. The summed E-state index contributed by atoms with van der Waals surface area (Å²) >= 11 is 1.68. The van der Waals surface area contributed by atoms with Crippen molar-refractivity contribution in [3.63, 3.8) is 0 Å². The van der Waals surface area contributed by atoms with E-state index in [1.165, 1.54) is 4.70 Å². The van der Waals surface area contributed by atoms with Crippen molar-refractivity contribution in [1.82, 2.24) is 4.98 Å². The smallest absolute Gasteiger partial charge is 0.185 e. The zero-order chi connectivity index (χ0) is 29.5. The molecule has 0 bridgehead atoms. The van der Waals surface area contributed by atoms with Crippen LogP contribution in [-0.2, 0) is 0 Å². The molecule has 0 saturated carbocycles. The molecule has 42 heavy (non-hydrogen) atoms. The maximum atomic E-state index is 12.8. The Bertz CT molecular complexity index is 1690. The van der Waals surface area contributed by atoms with Crippen molar-refractivity contribution in [2.45, 2.75) is 20.3 Å². The van der Waals surface area contributed by atoms with Crippen LogP contribution in [0.3, 0.4) is 0 Å². The molecule has 0 spiro atoms. The minimum atomic E-state index is -0.0973. The summed E-state index contributed by atoms with van der Waals surface area (Å²) in [7, 11) is 3.22. The summed E-state index contributed by atoms with van der Waals surface area (Å²) in [6, 6.07) is 25.4. The first-order valence-corrected chi connectivity index (χ1v) is 14.5. The van der Waals surface area contributed by atoms with Crippen molar-refractivity contribution in [2.75, 3.05) is 27.4 Å². The molecule has 0 N–H and O–H groups in total. The Morgan fingerprint density at radius 3 is 2.36 bits per heavy atom. The van der Waals surface area contributed by atoms with E-state index in [-0.39, 0.29) is 5.78 Å². The van der Waals surface area contributed by atoms with Gasteiger partial charge in [0.15, 0.2) is 17.3 Å². The van der Waals surface area contributed by atoms with E-state index < -0.39 is 0 Å². The summed E-state index contributed by atoms with van der Waals surface area (Å²) in [4.78, 5) is 17.6. The van der Waals surface area contributed by atoms with Gasteiger partial charge < -0.3 is 18.9 Å². The average Bonchev–Trinajstić information content (AvgIpc) is 3.46. The number of carbonyl (C=O) groups excluding carboxylic acids is 1. The van der Waals surface area contributed by atoms with E-state index in [9.17, 15) is 4.79 Å². The molecule has 4 aromatic carbocycles. The fourth-order valence-corrected chi connectivity index (χ4v) is 5.45. The van der Waals surface area contributed by atoms with Crippen LogP contribution >= 0.6 is 11.3 Å². The summed E-state index contributed by atoms with van der Waals surface area (Å²) in [6.07, 6.45) is 4.03. The van der Waals surface area contributed by atoms with Crippen molar-refractivity contribution in [1.29, 1.82) is 0 Å². The molecule has 0 unspecified atom stereocenters. The first-order chi connectivity index (χ1) is 20.4. The number of benzene rings is 4. The molecule has 0 radical (unpaired) electrons. The van der Waals surface area contributed by atoms with Crippen LogP contribution in [0, 0.1) is 13.8 Å². The van der Waals surface area contributed by atoms with Gasteiger partial charge >= 0.3 is 0 Å². The van der Waals surface area contributed by atoms with E-state index in [2.05, 4.69) is 6.07 Å². The second-order valence-electron chi connectivity index (χ2n) is 9.79. The van der Waals surface area contributed by atoms with Crippen molar-refractivity contribution in [3.8, 4) is 33.6 Å². The molecule has 7 heteroatoms. The number of allylic oxidation sites excluding steroid dienone is 1. The number of para-hydroxylation sites is 1. The largest absolute Gasteiger partial charge is 0.496 e. The van der Waals surface area contributed by atoms with E-state index >= 15 is 0 Å². The molecule has 1 aromatic heterocycles. The first kappa shape index (κ1) is 28.9. The molecule has 0 atom stereocenters. The summed E-state index contributed by atoms with van der Waals surface area (Å²) in [5, 5.41) is 0.997. The SMILES string of the molecule is COc1ccc(/C=C/C(=O)c2cc(C)c(C)c(OC)c2)cc1OCCCOc1ccc(-c2nc3ccccc3s2)cc1. The van der Waals surface area contributed by atoms with Crippen LogP contribution in [0.2, 0.25) is 0 Å². The van der Waals surface area contributed by atoms with Gasteiger partial charge in [-0.05, 0) is 97.3 Å². The van der Waals surface area contributed by atoms with Crippen molar-refractivity contribution < 1.29 is 23.7 Å². The summed E-state index contributed by atoms with van der Waals surface area (Å²) in [5.74, 6) is 2.65. The highest BCUT2D eigenvalue weighted by atomic mass is 32.1. The highest BCUT2D eigenvalue weighted by Gasteiger charge is 2.10. The van der Waals surface area contributed by atoms with Crippen molar-refractivity contribution >= 4 is 33.4 Å². The van der Waals surface area contributed by atoms with Crippen LogP contribution < -0.4 is 18.9 Å². The number of nitrogens with zero attached hydrogens (tertiary/aromatic N) is 1. The third-order valence-electron chi connectivity index (χ3n) is 6.95. The zero-order valence-corrected chi connectivity index (χ0v) is 25.0. The monoisotopic (exact) mass is 579 g/mol. The lowest BCUT2D eigenvalue weighted by atomic mass is 10.0. The lowest BCUT2D eigenvalue weighted by Gasteiger charge is -2.12. The van der Waals surface area contributed by atoms with Crippen LogP contribution in [0.15, 0.2) is 84.9 Å². The van der Waals surface area contributed by atoms with Crippen LogP contribution in [0.4, 0.5) is 0 Å². The molecule has 0 amide bonds. The van der Waals surface area contributed by atoms with Gasteiger partial charge in [0.25, 0.3) is 0 Å². The van der Waals surface area contributed by atoms with Crippen LogP contribution in [0.1, 0.15) is 33.5 Å². The number of fused-ring (bicyclic) bond motifs is 1. The maximum Gasteiger partial charge on any atom is 0.185 e. The van der Waals surface area contributed by atoms with Crippen LogP contribution in [0.5, 0.6) is 23.0 Å². The van der Waals surface area contributed by atoms with E-state index in [0.717, 1.165) is 38.5 Å². The lowest BCUT2D eigenvalue weighted by Crippen LogP contribution is -2.05. The highest BCUT2D eigenvalue weighted by molar-refractivity contribution is 7.21. The van der Waals surface area contributed by atoms with Gasteiger partial charge in [-0.2, -0.15) is 0 Å². The number of hydrogen-bond donors (Lipinski definition) is 0. The quantitative estimate of drug-likeness (QED) is 0.0841. The molecule has 5 rings (SSSR count). The summed E-state index contributed by atoms with van der Waals surface area (Å²) in [6.45, 7) is 4.91. The second kappa shape index (κ2) is 13.4. The number of aromatic nitrogens is 1. The minimum Gasteiger partial charge on any atom is -0.496 e. The fraction of sp³-hybridized carbons (Fsp3) is 0.200. The minimum absolute atomic E-state index is 0.0973. The van der Waals surface area contributed by atoms with Gasteiger partial charge in [-0.15, -0.1) is 11.3 Å². The molecule has 0 aliphatic carbocycles. The Balaban J connectivity index is 1.14. The maximum absolute atomic E-state index is 12.8. The molecule has 5 aromatic rings. The van der Waals surface area contributed by atoms with Crippen molar-refractivity contribution in [2.24, 2.45) is 0 Å². The standard InChI is InChI=1S/C35H33NO5S/c1-23-20-27(22-32(39-4)24(23)2)30(37)16-10-25-11-17-31(38-3)33(21-25)41-19-7-18-40-28-14-12-26(13-15-28)35-36-29-8-5-6-9-34(29)42-35/h5-6,8-17,20-22H,7,18-19H2,1-4H3/b16-10+. The molecular weight excluding hydrogens is 546 g/mol. The molecule has 0 saturated heterocycles. The van der Waals surface area contributed by atoms with Crippen LogP contribution in [-0.4, -0.2) is 38.2 Å². The average molecular weight is 580 g/mol. The normalized spacial score (nSPS) is 11.1. The molecule has 0 fully saturated rings. The van der Waals surface area contributed by atoms with Crippen molar-refractivity contribution in [3.05, 3.63) is 107 Å². The molecule has 0 aliphatic heterocycles. The van der Waals surface area contributed by atoms with Gasteiger partial charge in [-0.25, -0.2) is 4.98 Å². The molecule has 6 nitrogen and oxygen atoms in total. The van der Waals surface area contributed by atoms with Gasteiger partial charge in [-0.3, -0.25) is 4.79 Å². The zero-order valence-electron chi connectivity index (χ0n) is 24.2. The Morgan fingerprint density at radius 2 is 1.60 bits per heavy atom. The van der Waals surface area contributed by atoms with E-state index in [1.54, 1.807) is 43.8 Å². The first-order valence-electron chi connectivity index (χ1n) is 13.7. The number of methoxy groups -OCH3 is 2. The summed E-state index contributed by atoms with van der Waals surface area (Å²) < 4.78 is 24.0. The van der Waals surface area contributed by atoms with E-state index in [1.807, 2.05) is 80.6 Å². The van der Waals surface area contributed by atoms with Gasteiger partial charge in [0.2, 0.25) is 0 Å². The Labute approximate surface area is 250 Å². The number of ketones is 1. The van der Waals surface area contributed by atoms with E-state index in [4.69, 9.17) is 23.9 Å². The number of carbonyl (C=O) groups is 1. The predicted octanol–water partition coefficient (Wildman–Crippen LogP) is 8.34. The van der Waals surface area contributed by atoms with Crippen LogP contribution in [0.25, 0.3) is 26.9 Å². The Hall–Kier alpha value is -4.62. The van der Waals surface area contributed by atoms with Gasteiger partial charge in [-0.1, -0.05) is 24.3 Å². The third kappa shape index (κ3) is 6.81. The Kier molecular flexibility index (Phi) is 9.19. The number of rotatable bonds is 12. The topological polar surface area (TPSA) is 66.9 Å². The highest BCUT2D eigenvalue weighted by Crippen LogP contribution is 2.31.